The minimum Gasteiger partial charge on any atom is -0.497 e. The van der Waals surface area contributed by atoms with Crippen molar-refractivity contribution in [1.82, 2.24) is 20.3 Å². The molecular weight excluding hydrogens is 536 g/mol. The lowest BCUT2D eigenvalue weighted by Gasteiger charge is -2.23. The molecule has 0 radical (unpaired) electrons. The molecule has 1 aliphatic rings. The summed E-state index contributed by atoms with van der Waals surface area (Å²) in [5.74, 6) is 2.03. The number of carbonyl (C=O) groups excluding carboxylic acids is 1. The minimum absolute atomic E-state index is 0.173. The molecule has 1 amide bonds. The number of nitrogens with two attached hydrogens (primary N) is 1. The molecule has 1 aromatic heterocycles. The maximum atomic E-state index is 12.5. The van der Waals surface area contributed by atoms with Crippen LogP contribution in [0.2, 0.25) is 0 Å². The highest BCUT2D eigenvalue weighted by molar-refractivity contribution is 5.94. The number of ether oxygens (including phenoxy) is 3. The van der Waals surface area contributed by atoms with Gasteiger partial charge in [0.2, 0.25) is 17.8 Å². The Morgan fingerprint density at radius 3 is 2.26 bits per heavy atom. The van der Waals surface area contributed by atoms with E-state index >= 15 is 0 Å². The number of hydrogen-bond donors (Lipinski definition) is 5. The first-order valence-corrected chi connectivity index (χ1v) is 14.5. The lowest BCUT2D eigenvalue weighted by molar-refractivity contribution is 0.0511. The number of rotatable bonds is 17. The molecule has 1 saturated carbocycles. The summed E-state index contributed by atoms with van der Waals surface area (Å²) in [6, 6.07) is 15.3. The minimum atomic E-state index is -0.173. The fourth-order valence-corrected chi connectivity index (χ4v) is 4.51. The average molecular weight is 579 g/mol. The van der Waals surface area contributed by atoms with Crippen molar-refractivity contribution >= 4 is 29.4 Å². The van der Waals surface area contributed by atoms with Crippen LogP contribution in [0, 0.1) is 0 Å². The monoisotopic (exact) mass is 578 g/mol. The second-order valence-corrected chi connectivity index (χ2v) is 9.96. The zero-order valence-corrected chi connectivity index (χ0v) is 24.2. The number of carbonyl (C=O) groups is 1. The van der Waals surface area contributed by atoms with E-state index in [0.29, 0.717) is 75.5 Å². The smallest absolute Gasteiger partial charge is 0.251 e. The molecule has 0 unspecified atom stereocenters. The van der Waals surface area contributed by atoms with Crippen LogP contribution >= 0.6 is 0 Å². The van der Waals surface area contributed by atoms with Gasteiger partial charge in [0, 0.05) is 36.9 Å². The van der Waals surface area contributed by atoms with E-state index in [1.54, 1.807) is 19.2 Å². The first-order chi connectivity index (χ1) is 20.6. The lowest BCUT2D eigenvalue weighted by Crippen LogP contribution is -2.27. The van der Waals surface area contributed by atoms with Gasteiger partial charge in [0.1, 0.15) is 5.75 Å². The third kappa shape index (κ3) is 10.4. The zero-order valence-electron chi connectivity index (χ0n) is 24.2. The normalized spacial score (nSPS) is 13.4. The molecule has 6 N–H and O–H groups in total. The summed E-state index contributed by atoms with van der Waals surface area (Å²) in [6.07, 6.45) is 5.87. The van der Waals surface area contributed by atoms with Gasteiger partial charge in [0.05, 0.1) is 33.5 Å². The van der Waals surface area contributed by atoms with Gasteiger partial charge in [-0.3, -0.25) is 4.79 Å². The summed E-state index contributed by atoms with van der Waals surface area (Å²) in [6.45, 7) is 3.31. The molecule has 226 valence electrons. The predicted octanol–water partition coefficient (Wildman–Crippen LogP) is 3.70. The van der Waals surface area contributed by atoms with Crippen LogP contribution in [-0.2, 0) is 16.0 Å². The maximum absolute atomic E-state index is 12.5. The topological polar surface area (TPSA) is 158 Å². The Bertz CT molecular complexity index is 1220. The zero-order chi connectivity index (χ0) is 29.4. The third-order valence-corrected chi connectivity index (χ3v) is 6.75. The molecule has 0 bridgehead atoms. The molecule has 42 heavy (non-hydrogen) atoms. The van der Waals surface area contributed by atoms with Gasteiger partial charge < -0.3 is 41.2 Å². The van der Waals surface area contributed by atoms with Crippen molar-refractivity contribution < 1.29 is 19.0 Å². The van der Waals surface area contributed by atoms with E-state index in [0.717, 1.165) is 29.8 Å². The van der Waals surface area contributed by atoms with E-state index in [-0.39, 0.29) is 5.91 Å². The SMILES string of the molecule is COc1ccc(CNc2nc(Nc3ccc(C(=O)NCCOCCOCCN)cc3)nc(NC3CCCCC3)n2)cc1. The molecule has 1 fully saturated rings. The van der Waals surface area contributed by atoms with E-state index in [2.05, 4.69) is 36.2 Å². The van der Waals surface area contributed by atoms with E-state index < -0.39 is 0 Å². The Morgan fingerprint density at radius 1 is 0.857 bits per heavy atom. The second kappa shape index (κ2) is 17.1. The van der Waals surface area contributed by atoms with Gasteiger partial charge in [0.25, 0.3) is 5.91 Å². The summed E-state index contributed by atoms with van der Waals surface area (Å²) in [5, 5.41) is 12.9. The Hall–Kier alpha value is -4.00. The van der Waals surface area contributed by atoms with Crippen LogP contribution in [0.5, 0.6) is 5.75 Å². The van der Waals surface area contributed by atoms with E-state index in [9.17, 15) is 4.79 Å². The average Bonchev–Trinajstić information content (AvgIpc) is 3.02. The number of nitrogens with one attached hydrogen (secondary N) is 4. The van der Waals surface area contributed by atoms with E-state index in [4.69, 9.17) is 19.9 Å². The van der Waals surface area contributed by atoms with Crippen LogP contribution in [-0.4, -0.2) is 73.5 Å². The van der Waals surface area contributed by atoms with Crippen LogP contribution in [0.4, 0.5) is 23.5 Å². The van der Waals surface area contributed by atoms with Crippen molar-refractivity contribution in [3.8, 4) is 5.75 Å². The second-order valence-electron chi connectivity index (χ2n) is 9.96. The predicted molar refractivity (Wildman–Crippen MR) is 163 cm³/mol. The molecule has 0 spiro atoms. The number of benzene rings is 2. The van der Waals surface area contributed by atoms with Crippen LogP contribution < -0.4 is 31.7 Å². The Morgan fingerprint density at radius 2 is 1.55 bits per heavy atom. The van der Waals surface area contributed by atoms with Crippen LogP contribution in [0.25, 0.3) is 0 Å². The van der Waals surface area contributed by atoms with Gasteiger partial charge in [0.15, 0.2) is 0 Å². The molecule has 4 rings (SSSR count). The number of nitrogens with zero attached hydrogens (tertiary/aromatic N) is 3. The third-order valence-electron chi connectivity index (χ3n) is 6.75. The first kappa shape index (κ1) is 30.9. The van der Waals surface area contributed by atoms with Crippen molar-refractivity contribution in [2.24, 2.45) is 5.73 Å². The van der Waals surface area contributed by atoms with Gasteiger partial charge in [-0.05, 0) is 54.8 Å². The van der Waals surface area contributed by atoms with Gasteiger partial charge >= 0.3 is 0 Å². The highest BCUT2D eigenvalue weighted by Gasteiger charge is 2.16. The van der Waals surface area contributed by atoms with Gasteiger partial charge in [-0.15, -0.1) is 0 Å². The quantitative estimate of drug-likeness (QED) is 0.149. The summed E-state index contributed by atoms with van der Waals surface area (Å²) in [7, 11) is 1.65. The molecule has 1 aliphatic carbocycles. The largest absolute Gasteiger partial charge is 0.497 e. The van der Waals surface area contributed by atoms with E-state index in [1.807, 2.05) is 36.4 Å². The summed E-state index contributed by atoms with van der Waals surface area (Å²) in [5.41, 5.74) is 7.75. The summed E-state index contributed by atoms with van der Waals surface area (Å²) in [4.78, 5) is 26.4. The summed E-state index contributed by atoms with van der Waals surface area (Å²) < 4.78 is 15.9. The molecule has 0 aliphatic heterocycles. The van der Waals surface area contributed by atoms with Gasteiger partial charge in [-0.1, -0.05) is 31.4 Å². The fourth-order valence-electron chi connectivity index (χ4n) is 4.51. The van der Waals surface area contributed by atoms with Crippen molar-refractivity contribution in [1.29, 1.82) is 0 Å². The number of hydrogen-bond acceptors (Lipinski definition) is 11. The standard InChI is InChI=1S/C30H42N8O4/c1-40-26-13-7-22(8-14-26)21-33-28-36-29(34-24-5-3-2-4-6-24)38-30(37-28)35-25-11-9-23(10-12-25)27(39)32-16-18-42-20-19-41-17-15-31/h7-14,24H,2-6,15-21,31H2,1H3,(H,32,39)(H3,33,34,35,36,37,38). The van der Waals surface area contributed by atoms with Gasteiger partial charge in [-0.2, -0.15) is 15.0 Å². The Labute approximate surface area is 247 Å². The van der Waals surface area contributed by atoms with Crippen molar-refractivity contribution in [2.75, 3.05) is 62.6 Å². The van der Waals surface area contributed by atoms with Crippen molar-refractivity contribution in [3.63, 3.8) is 0 Å². The van der Waals surface area contributed by atoms with Crippen molar-refractivity contribution in [2.45, 2.75) is 44.7 Å². The Balaban J connectivity index is 1.34. The van der Waals surface area contributed by atoms with Crippen LogP contribution in [0.1, 0.15) is 48.0 Å². The molecule has 1 heterocycles. The van der Waals surface area contributed by atoms with E-state index in [1.165, 1.54) is 19.3 Å². The molecule has 12 nitrogen and oxygen atoms in total. The molecular formula is C30H42N8O4. The highest BCUT2D eigenvalue weighted by Crippen LogP contribution is 2.22. The molecule has 2 aromatic carbocycles. The Kier molecular flexibility index (Phi) is 12.6. The van der Waals surface area contributed by atoms with Crippen LogP contribution in [0.3, 0.4) is 0 Å². The number of anilines is 4. The number of amides is 1. The highest BCUT2D eigenvalue weighted by atomic mass is 16.5. The first-order valence-electron chi connectivity index (χ1n) is 14.5. The van der Waals surface area contributed by atoms with Gasteiger partial charge in [-0.25, -0.2) is 0 Å². The molecule has 3 aromatic rings. The molecule has 0 atom stereocenters. The fraction of sp³-hybridized carbons (Fsp3) is 0.467. The van der Waals surface area contributed by atoms with Crippen molar-refractivity contribution in [3.05, 3.63) is 59.7 Å². The number of methoxy groups -OCH3 is 1. The molecule has 12 heteroatoms. The lowest BCUT2D eigenvalue weighted by atomic mass is 9.96. The summed E-state index contributed by atoms with van der Waals surface area (Å²) >= 11 is 0. The molecule has 0 saturated heterocycles. The maximum Gasteiger partial charge on any atom is 0.251 e. The van der Waals surface area contributed by atoms with Crippen LogP contribution in [0.15, 0.2) is 48.5 Å². The number of aromatic nitrogens is 3.